The SMILES string of the molecule is CCCC(C)C1(O)CCCNCC1. The monoisotopic (exact) mass is 185 g/mol. The van der Waals surface area contributed by atoms with Gasteiger partial charge in [-0.15, -0.1) is 0 Å². The molecule has 0 aromatic rings. The first kappa shape index (κ1) is 11.0. The van der Waals surface area contributed by atoms with Crippen LogP contribution in [0.1, 0.15) is 46.0 Å². The molecule has 2 N–H and O–H groups in total. The van der Waals surface area contributed by atoms with E-state index in [1.807, 2.05) is 0 Å². The molecule has 0 aromatic heterocycles. The number of hydrogen-bond donors (Lipinski definition) is 2. The second-order valence-corrected chi connectivity index (χ2v) is 4.40. The third-order valence-corrected chi connectivity index (χ3v) is 3.34. The normalized spacial score (nSPS) is 32.5. The first-order valence-corrected chi connectivity index (χ1v) is 5.62. The Balaban J connectivity index is 2.49. The van der Waals surface area contributed by atoms with E-state index in [1.54, 1.807) is 0 Å². The highest BCUT2D eigenvalue weighted by Crippen LogP contribution is 2.30. The van der Waals surface area contributed by atoms with Gasteiger partial charge >= 0.3 is 0 Å². The van der Waals surface area contributed by atoms with Crippen molar-refractivity contribution in [3.63, 3.8) is 0 Å². The molecule has 0 aromatic carbocycles. The van der Waals surface area contributed by atoms with Crippen molar-refractivity contribution in [2.45, 2.75) is 51.6 Å². The Labute approximate surface area is 81.7 Å². The van der Waals surface area contributed by atoms with Crippen molar-refractivity contribution in [3.8, 4) is 0 Å². The molecule has 78 valence electrons. The Morgan fingerprint density at radius 1 is 1.38 bits per heavy atom. The third kappa shape index (κ3) is 2.96. The van der Waals surface area contributed by atoms with Gasteiger partial charge in [0.2, 0.25) is 0 Å². The molecule has 1 rings (SSSR count). The van der Waals surface area contributed by atoms with Crippen molar-refractivity contribution in [1.29, 1.82) is 0 Å². The molecule has 13 heavy (non-hydrogen) atoms. The smallest absolute Gasteiger partial charge is 0.0685 e. The lowest BCUT2D eigenvalue weighted by molar-refractivity contribution is -0.0258. The quantitative estimate of drug-likeness (QED) is 0.704. The van der Waals surface area contributed by atoms with Gasteiger partial charge < -0.3 is 10.4 Å². The van der Waals surface area contributed by atoms with Crippen LogP contribution in [0.5, 0.6) is 0 Å². The fraction of sp³-hybridized carbons (Fsp3) is 1.00. The van der Waals surface area contributed by atoms with Crippen LogP contribution < -0.4 is 5.32 Å². The first-order valence-electron chi connectivity index (χ1n) is 5.62. The fourth-order valence-electron chi connectivity index (χ4n) is 2.27. The molecule has 0 amide bonds. The van der Waals surface area contributed by atoms with Crippen LogP contribution in [0.3, 0.4) is 0 Å². The Kier molecular flexibility index (Phi) is 4.20. The van der Waals surface area contributed by atoms with E-state index in [0.29, 0.717) is 5.92 Å². The van der Waals surface area contributed by atoms with E-state index in [-0.39, 0.29) is 5.60 Å². The summed E-state index contributed by atoms with van der Waals surface area (Å²) >= 11 is 0. The molecule has 1 aliphatic heterocycles. The summed E-state index contributed by atoms with van der Waals surface area (Å²) in [6, 6.07) is 0. The molecule has 2 atom stereocenters. The van der Waals surface area contributed by atoms with Crippen LogP contribution in [0, 0.1) is 5.92 Å². The van der Waals surface area contributed by atoms with Gasteiger partial charge in [0.25, 0.3) is 0 Å². The average Bonchev–Trinajstić information content (AvgIpc) is 2.32. The predicted molar refractivity (Wildman–Crippen MR) is 55.7 cm³/mol. The van der Waals surface area contributed by atoms with Crippen molar-refractivity contribution < 1.29 is 5.11 Å². The Morgan fingerprint density at radius 3 is 2.85 bits per heavy atom. The molecule has 1 heterocycles. The molecule has 0 radical (unpaired) electrons. The third-order valence-electron chi connectivity index (χ3n) is 3.34. The summed E-state index contributed by atoms with van der Waals surface area (Å²) in [7, 11) is 0. The number of aliphatic hydroxyl groups is 1. The molecule has 0 saturated carbocycles. The van der Waals surface area contributed by atoms with Gasteiger partial charge in [0.1, 0.15) is 0 Å². The van der Waals surface area contributed by atoms with Crippen LogP contribution >= 0.6 is 0 Å². The lowest BCUT2D eigenvalue weighted by atomic mass is 9.80. The molecule has 0 bridgehead atoms. The zero-order valence-corrected chi connectivity index (χ0v) is 8.97. The van der Waals surface area contributed by atoms with Gasteiger partial charge in [0.15, 0.2) is 0 Å². The Bertz CT molecular complexity index is 139. The van der Waals surface area contributed by atoms with Gasteiger partial charge in [0, 0.05) is 0 Å². The summed E-state index contributed by atoms with van der Waals surface area (Å²) in [4.78, 5) is 0. The van der Waals surface area contributed by atoms with Gasteiger partial charge in [0.05, 0.1) is 5.60 Å². The molecular formula is C11H23NO. The van der Waals surface area contributed by atoms with Gasteiger partial charge in [-0.3, -0.25) is 0 Å². The summed E-state index contributed by atoms with van der Waals surface area (Å²) in [6.45, 7) is 6.43. The van der Waals surface area contributed by atoms with Gasteiger partial charge in [-0.05, 0) is 44.7 Å². The van der Waals surface area contributed by atoms with E-state index in [9.17, 15) is 5.11 Å². The minimum atomic E-state index is -0.389. The van der Waals surface area contributed by atoms with E-state index in [2.05, 4.69) is 19.2 Å². The molecule has 1 fully saturated rings. The first-order chi connectivity index (χ1) is 6.19. The maximum absolute atomic E-state index is 10.4. The zero-order valence-electron chi connectivity index (χ0n) is 8.97. The summed E-state index contributed by atoms with van der Waals surface area (Å²) in [5, 5.41) is 13.8. The molecular weight excluding hydrogens is 162 g/mol. The highest BCUT2D eigenvalue weighted by Gasteiger charge is 2.33. The van der Waals surface area contributed by atoms with E-state index >= 15 is 0 Å². The zero-order chi connectivity index (χ0) is 9.73. The van der Waals surface area contributed by atoms with Gasteiger partial charge in [-0.1, -0.05) is 20.3 Å². The molecule has 1 aliphatic rings. The van der Waals surface area contributed by atoms with Crippen LogP contribution in [-0.4, -0.2) is 23.8 Å². The molecule has 2 unspecified atom stereocenters. The number of nitrogens with one attached hydrogen (secondary N) is 1. The van der Waals surface area contributed by atoms with E-state index in [4.69, 9.17) is 0 Å². The summed E-state index contributed by atoms with van der Waals surface area (Å²) in [5.74, 6) is 0.456. The highest BCUT2D eigenvalue weighted by atomic mass is 16.3. The summed E-state index contributed by atoms with van der Waals surface area (Å²) in [5.41, 5.74) is -0.389. The molecule has 2 nitrogen and oxygen atoms in total. The van der Waals surface area contributed by atoms with Crippen molar-refractivity contribution >= 4 is 0 Å². The maximum atomic E-state index is 10.4. The van der Waals surface area contributed by atoms with Crippen LogP contribution in [-0.2, 0) is 0 Å². The molecule has 0 spiro atoms. The molecule has 1 saturated heterocycles. The topological polar surface area (TPSA) is 32.3 Å². The van der Waals surface area contributed by atoms with Crippen LogP contribution in [0.4, 0.5) is 0 Å². The fourth-order valence-corrected chi connectivity index (χ4v) is 2.27. The van der Waals surface area contributed by atoms with E-state index < -0.39 is 0 Å². The maximum Gasteiger partial charge on any atom is 0.0685 e. The van der Waals surface area contributed by atoms with Crippen molar-refractivity contribution in [1.82, 2.24) is 5.32 Å². The highest BCUT2D eigenvalue weighted by molar-refractivity contribution is 4.86. The van der Waals surface area contributed by atoms with Crippen LogP contribution in [0.25, 0.3) is 0 Å². The minimum absolute atomic E-state index is 0.389. The second kappa shape index (κ2) is 4.97. The van der Waals surface area contributed by atoms with E-state index in [1.165, 1.54) is 6.42 Å². The van der Waals surface area contributed by atoms with Crippen molar-refractivity contribution in [3.05, 3.63) is 0 Å². The Morgan fingerprint density at radius 2 is 2.15 bits per heavy atom. The molecule has 0 aliphatic carbocycles. The summed E-state index contributed by atoms with van der Waals surface area (Å²) in [6.07, 6.45) is 5.34. The predicted octanol–water partition coefficient (Wildman–Crippen LogP) is 1.93. The average molecular weight is 185 g/mol. The lowest BCUT2D eigenvalue weighted by Gasteiger charge is -2.33. The number of rotatable bonds is 3. The largest absolute Gasteiger partial charge is 0.390 e. The van der Waals surface area contributed by atoms with Crippen molar-refractivity contribution in [2.75, 3.05) is 13.1 Å². The van der Waals surface area contributed by atoms with E-state index in [0.717, 1.165) is 38.8 Å². The van der Waals surface area contributed by atoms with Gasteiger partial charge in [-0.25, -0.2) is 0 Å². The van der Waals surface area contributed by atoms with Crippen molar-refractivity contribution in [2.24, 2.45) is 5.92 Å². The summed E-state index contributed by atoms with van der Waals surface area (Å²) < 4.78 is 0. The lowest BCUT2D eigenvalue weighted by Crippen LogP contribution is -2.37. The number of hydrogen-bond acceptors (Lipinski definition) is 2. The standard InChI is InChI=1S/C11H23NO/c1-3-5-10(2)11(13)6-4-8-12-9-7-11/h10,12-13H,3-9H2,1-2H3. The van der Waals surface area contributed by atoms with Crippen LogP contribution in [0.2, 0.25) is 0 Å². The molecule has 2 heteroatoms. The second-order valence-electron chi connectivity index (χ2n) is 4.40. The van der Waals surface area contributed by atoms with Crippen LogP contribution in [0.15, 0.2) is 0 Å². The Hall–Kier alpha value is -0.0800. The van der Waals surface area contributed by atoms with Gasteiger partial charge in [-0.2, -0.15) is 0 Å². The minimum Gasteiger partial charge on any atom is -0.390 e.